The molecule has 0 saturated carbocycles. The molecule has 0 atom stereocenters. The molecule has 0 unspecified atom stereocenters. The van der Waals surface area contributed by atoms with E-state index in [1.54, 1.807) is 43.8 Å². The molecule has 0 aliphatic carbocycles. The molecule has 1 aromatic carbocycles. The summed E-state index contributed by atoms with van der Waals surface area (Å²) >= 11 is 1.58. The Bertz CT molecular complexity index is 877. The fourth-order valence-electron chi connectivity index (χ4n) is 2.16. The van der Waals surface area contributed by atoms with Crippen molar-refractivity contribution in [2.24, 2.45) is 0 Å². The molecule has 0 saturated heterocycles. The van der Waals surface area contributed by atoms with Crippen LogP contribution in [0.25, 0.3) is 0 Å². The third kappa shape index (κ3) is 3.54. The Morgan fingerprint density at radius 2 is 2.00 bits per heavy atom. The van der Waals surface area contributed by atoms with Gasteiger partial charge >= 0.3 is 0 Å². The number of nitrogens with zero attached hydrogens (tertiary/aromatic N) is 2. The van der Waals surface area contributed by atoms with Crippen LogP contribution in [0.1, 0.15) is 10.6 Å². The van der Waals surface area contributed by atoms with Crippen molar-refractivity contribution in [3.8, 4) is 11.5 Å². The first-order chi connectivity index (χ1) is 11.7. The maximum absolute atomic E-state index is 12.1. The zero-order valence-electron chi connectivity index (χ0n) is 13.2. The van der Waals surface area contributed by atoms with Crippen molar-refractivity contribution in [2.45, 2.75) is 6.42 Å². The summed E-state index contributed by atoms with van der Waals surface area (Å²) in [7, 11) is 3.13. The number of H-pyrrole nitrogens is 1. The minimum absolute atomic E-state index is 0.263. The van der Waals surface area contributed by atoms with Gasteiger partial charge in [0.05, 0.1) is 14.2 Å². The van der Waals surface area contributed by atoms with Crippen LogP contribution >= 0.6 is 11.3 Å². The van der Waals surface area contributed by atoms with Gasteiger partial charge in [0.2, 0.25) is 5.95 Å². The maximum atomic E-state index is 12.1. The first-order valence-corrected chi connectivity index (χ1v) is 8.05. The average Bonchev–Trinajstić information content (AvgIpc) is 3.10. The summed E-state index contributed by atoms with van der Waals surface area (Å²) in [5.74, 6) is 1.46. The van der Waals surface area contributed by atoms with Gasteiger partial charge in [-0.25, -0.2) is 0 Å². The van der Waals surface area contributed by atoms with E-state index < -0.39 is 0 Å². The number of anilines is 2. The number of rotatable bonds is 6. The smallest absolute Gasteiger partial charge is 0.274 e. The molecule has 0 amide bonds. The molecule has 8 heteroatoms. The predicted octanol–water partition coefficient (Wildman–Crippen LogP) is 2.58. The van der Waals surface area contributed by atoms with Crippen molar-refractivity contribution in [3.63, 3.8) is 0 Å². The number of aromatic amines is 1. The van der Waals surface area contributed by atoms with Crippen LogP contribution in [0.2, 0.25) is 0 Å². The molecule has 2 N–H and O–H groups in total. The maximum Gasteiger partial charge on any atom is 0.274 e. The fraction of sp³-hybridized carbons (Fsp3) is 0.188. The molecular weight excluding hydrogens is 328 g/mol. The highest BCUT2D eigenvalue weighted by molar-refractivity contribution is 7.09. The van der Waals surface area contributed by atoms with E-state index in [-0.39, 0.29) is 11.5 Å². The standard InChI is InChI=1S/C16H16N4O3S/c1-22-13-6-5-10(8-14(13)23-2)17-16-18-15(21)12(19-20-16)9-11-4-3-7-24-11/h3-8H,9H2,1-2H3,(H2,17,18,20,21). The quantitative estimate of drug-likeness (QED) is 0.714. The SMILES string of the molecule is COc1ccc(Nc2nnc(Cc3cccs3)c(=O)[nH]2)cc1OC. The lowest BCUT2D eigenvalue weighted by molar-refractivity contribution is 0.355. The number of methoxy groups -OCH3 is 2. The number of ether oxygens (including phenoxy) is 2. The van der Waals surface area contributed by atoms with Crippen molar-refractivity contribution in [1.29, 1.82) is 0 Å². The molecule has 124 valence electrons. The van der Waals surface area contributed by atoms with Crippen LogP contribution in [0, 0.1) is 0 Å². The summed E-state index contributed by atoms with van der Waals surface area (Å²) < 4.78 is 10.4. The van der Waals surface area contributed by atoms with E-state index in [2.05, 4.69) is 20.5 Å². The van der Waals surface area contributed by atoms with Gasteiger partial charge < -0.3 is 14.8 Å². The molecule has 0 aliphatic heterocycles. The van der Waals surface area contributed by atoms with Crippen molar-refractivity contribution < 1.29 is 9.47 Å². The molecule has 3 aromatic rings. The largest absolute Gasteiger partial charge is 0.493 e. The number of hydrogen-bond acceptors (Lipinski definition) is 7. The molecule has 0 aliphatic rings. The van der Waals surface area contributed by atoms with Gasteiger partial charge in [0, 0.05) is 23.1 Å². The molecule has 7 nitrogen and oxygen atoms in total. The van der Waals surface area contributed by atoms with Gasteiger partial charge in [0.25, 0.3) is 5.56 Å². The van der Waals surface area contributed by atoms with Crippen LogP contribution in [0.4, 0.5) is 11.6 Å². The van der Waals surface area contributed by atoms with E-state index in [0.717, 1.165) is 4.88 Å². The Hall–Kier alpha value is -2.87. The predicted molar refractivity (Wildman–Crippen MR) is 92.6 cm³/mol. The van der Waals surface area contributed by atoms with Gasteiger partial charge in [-0.3, -0.25) is 9.78 Å². The van der Waals surface area contributed by atoms with Gasteiger partial charge in [0.15, 0.2) is 11.5 Å². The molecule has 0 bridgehead atoms. The Labute approximate surface area is 142 Å². The monoisotopic (exact) mass is 344 g/mol. The van der Waals surface area contributed by atoms with Gasteiger partial charge in [-0.15, -0.1) is 21.5 Å². The van der Waals surface area contributed by atoms with Gasteiger partial charge in [-0.05, 0) is 23.6 Å². The molecule has 3 rings (SSSR count). The molecule has 0 fully saturated rings. The van der Waals surface area contributed by atoms with E-state index in [1.165, 1.54) is 0 Å². The van der Waals surface area contributed by atoms with E-state index in [0.29, 0.717) is 29.3 Å². The number of aromatic nitrogens is 3. The van der Waals surface area contributed by atoms with Crippen molar-refractivity contribution in [2.75, 3.05) is 19.5 Å². The van der Waals surface area contributed by atoms with E-state index in [9.17, 15) is 4.79 Å². The highest BCUT2D eigenvalue weighted by atomic mass is 32.1. The van der Waals surface area contributed by atoms with Crippen LogP contribution in [-0.4, -0.2) is 29.4 Å². The molecule has 0 radical (unpaired) electrons. The normalized spacial score (nSPS) is 10.4. The Morgan fingerprint density at radius 1 is 1.17 bits per heavy atom. The minimum atomic E-state index is -0.263. The lowest BCUT2D eigenvalue weighted by Crippen LogP contribution is -2.18. The summed E-state index contributed by atoms with van der Waals surface area (Å²) in [5, 5.41) is 13.0. The summed E-state index contributed by atoms with van der Waals surface area (Å²) in [6.07, 6.45) is 0.469. The summed E-state index contributed by atoms with van der Waals surface area (Å²) in [6, 6.07) is 9.20. The number of nitrogens with one attached hydrogen (secondary N) is 2. The van der Waals surface area contributed by atoms with Crippen LogP contribution in [-0.2, 0) is 6.42 Å². The zero-order valence-corrected chi connectivity index (χ0v) is 14.0. The number of benzene rings is 1. The molecule has 0 spiro atoms. The van der Waals surface area contributed by atoms with Crippen molar-refractivity contribution >= 4 is 23.0 Å². The zero-order chi connectivity index (χ0) is 16.9. The fourth-order valence-corrected chi connectivity index (χ4v) is 2.87. The van der Waals surface area contributed by atoms with Gasteiger partial charge in [-0.1, -0.05) is 6.07 Å². The van der Waals surface area contributed by atoms with Crippen LogP contribution in [0.3, 0.4) is 0 Å². The Morgan fingerprint density at radius 3 is 2.67 bits per heavy atom. The number of hydrogen-bond donors (Lipinski definition) is 2. The first-order valence-electron chi connectivity index (χ1n) is 7.17. The second-order valence-corrected chi connectivity index (χ2v) is 5.93. The molecule has 24 heavy (non-hydrogen) atoms. The minimum Gasteiger partial charge on any atom is -0.493 e. The summed E-state index contributed by atoms with van der Waals surface area (Å²) in [6.45, 7) is 0. The van der Waals surface area contributed by atoms with Gasteiger partial charge in [-0.2, -0.15) is 0 Å². The topological polar surface area (TPSA) is 89.1 Å². The van der Waals surface area contributed by atoms with Crippen molar-refractivity contribution in [1.82, 2.24) is 15.2 Å². The lowest BCUT2D eigenvalue weighted by Gasteiger charge is -2.10. The second-order valence-electron chi connectivity index (χ2n) is 4.90. The third-order valence-corrected chi connectivity index (χ3v) is 4.21. The van der Waals surface area contributed by atoms with Crippen LogP contribution in [0.5, 0.6) is 11.5 Å². The molecule has 2 aromatic heterocycles. The van der Waals surface area contributed by atoms with Crippen molar-refractivity contribution in [3.05, 3.63) is 56.6 Å². The van der Waals surface area contributed by atoms with Crippen LogP contribution in [0.15, 0.2) is 40.5 Å². The summed E-state index contributed by atoms with van der Waals surface area (Å²) in [5.41, 5.74) is 0.820. The molecule has 2 heterocycles. The first kappa shape index (κ1) is 16.0. The van der Waals surface area contributed by atoms with Crippen LogP contribution < -0.4 is 20.3 Å². The third-order valence-electron chi connectivity index (χ3n) is 3.33. The van der Waals surface area contributed by atoms with E-state index in [4.69, 9.17) is 9.47 Å². The van der Waals surface area contributed by atoms with E-state index in [1.807, 2.05) is 17.5 Å². The lowest BCUT2D eigenvalue weighted by atomic mass is 10.2. The molecular formula is C16H16N4O3S. The Kier molecular flexibility index (Phi) is 4.76. The highest BCUT2D eigenvalue weighted by Crippen LogP contribution is 2.30. The average molecular weight is 344 g/mol. The Balaban J connectivity index is 1.78. The number of thiophene rings is 1. The highest BCUT2D eigenvalue weighted by Gasteiger charge is 2.09. The second kappa shape index (κ2) is 7.14. The summed E-state index contributed by atoms with van der Waals surface area (Å²) in [4.78, 5) is 15.9. The van der Waals surface area contributed by atoms with E-state index >= 15 is 0 Å². The van der Waals surface area contributed by atoms with Gasteiger partial charge in [0.1, 0.15) is 5.69 Å².